The average molecular weight is 367 g/mol. The van der Waals surface area contributed by atoms with Gasteiger partial charge in [0.05, 0.1) is 11.1 Å². The number of hydrogen-bond acceptors (Lipinski definition) is 1. The fourth-order valence-electron chi connectivity index (χ4n) is 1.60. The number of alkyl halides is 3. The molecule has 2 aromatic rings. The summed E-state index contributed by atoms with van der Waals surface area (Å²) in [6.07, 6.45) is -3.31. The van der Waals surface area contributed by atoms with Crippen LogP contribution in [0.3, 0.4) is 0 Å². The van der Waals surface area contributed by atoms with E-state index < -0.39 is 17.7 Å². The summed E-state index contributed by atoms with van der Waals surface area (Å²) in [6, 6.07) is 6.34. The molecule has 0 aliphatic carbocycles. The van der Waals surface area contributed by atoms with Gasteiger partial charge in [0.25, 0.3) is 0 Å². The van der Waals surface area contributed by atoms with Crippen LogP contribution in [0, 0.1) is 9.52 Å². The molecule has 0 atom stereocenters. The third-order valence-corrected chi connectivity index (χ3v) is 3.25. The van der Waals surface area contributed by atoms with E-state index in [1.54, 1.807) is 22.6 Å². The van der Waals surface area contributed by atoms with Crippen LogP contribution in [0.15, 0.2) is 36.5 Å². The summed E-state index contributed by atoms with van der Waals surface area (Å²) in [7, 11) is 0. The predicted molar refractivity (Wildman–Crippen MR) is 67.4 cm³/mol. The second-order valence-corrected chi connectivity index (χ2v) is 4.66. The number of benzene rings is 1. The van der Waals surface area contributed by atoms with Crippen molar-refractivity contribution >= 4 is 22.6 Å². The highest BCUT2D eigenvalue weighted by Crippen LogP contribution is 2.38. The lowest BCUT2D eigenvalue weighted by molar-refractivity contribution is -0.137. The second-order valence-electron chi connectivity index (χ2n) is 3.50. The summed E-state index contributed by atoms with van der Waals surface area (Å²) in [5, 5.41) is 0. The van der Waals surface area contributed by atoms with E-state index >= 15 is 0 Å². The first kappa shape index (κ1) is 13.3. The highest BCUT2D eigenvalue weighted by Gasteiger charge is 2.34. The first-order valence-corrected chi connectivity index (χ1v) is 5.95. The van der Waals surface area contributed by atoms with Crippen LogP contribution in [0.25, 0.3) is 11.1 Å². The van der Waals surface area contributed by atoms with Gasteiger partial charge in [-0.2, -0.15) is 17.6 Å². The Morgan fingerprint density at radius 2 is 1.72 bits per heavy atom. The smallest absolute Gasteiger partial charge is 0.228 e. The van der Waals surface area contributed by atoms with Crippen molar-refractivity contribution in [1.82, 2.24) is 4.98 Å². The Labute approximate surface area is 114 Å². The van der Waals surface area contributed by atoms with Gasteiger partial charge < -0.3 is 0 Å². The van der Waals surface area contributed by atoms with Gasteiger partial charge in [0.1, 0.15) is 0 Å². The van der Waals surface area contributed by atoms with Crippen molar-refractivity contribution in [2.45, 2.75) is 6.18 Å². The number of pyridine rings is 1. The minimum Gasteiger partial charge on any atom is -0.228 e. The molecule has 0 N–H and O–H groups in total. The van der Waals surface area contributed by atoms with Crippen LogP contribution in [-0.2, 0) is 6.18 Å². The molecule has 1 heterocycles. The summed E-state index contributed by atoms with van der Waals surface area (Å²) in [5.41, 5.74) is -1.18. The Morgan fingerprint density at radius 1 is 1.06 bits per heavy atom. The van der Waals surface area contributed by atoms with Crippen molar-refractivity contribution < 1.29 is 17.6 Å². The van der Waals surface area contributed by atoms with Crippen molar-refractivity contribution in [2.24, 2.45) is 0 Å². The molecule has 0 amide bonds. The number of halogens is 5. The molecule has 0 fully saturated rings. The molecule has 0 saturated heterocycles. The van der Waals surface area contributed by atoms with E-state index in [9.17, 15) is 17.6 Å². The molecule has 0 aliphatic rings. The number of nitrogens with zero attached hydrogens (tertiary/aromatic N) is 1. The Morgan fingerprint density at radius 3 is 2.33 bits per heavy atom. The van der Waals surface area contributed by atoms with Crippen molar-refractivity contribution in [3.8, 4) is 11.1 Å². The molecule has 1 aromatic heterocycles. The minimum atomic E-state index is -4.53. The maximum atomic E-state index is 13.6. The molecular weight excluding hydrogens is 361 g/mol. The zero-order valence-corrected chi connectivity index (χ0v) is 11.0. The molecule has 0 spiro atoms. The van der Waals surface area contributed by atoms with Crippen molar-refractivity contribution in [3.05, 3.63) is 51.6 Å². The van der Waals surface area contributed by atoms with Crippen LogP contribution in [0.5, 0.6) is 0 Å². The average Bonchev–Trinajstić information content (AvgIpc) is 2.28. The highest BCUT2D eigenvalue weighted by atomic mass is 127. The van der Waals surface area contributed by atoms with Gasteiger partial charge in [0.15, 0.2) is 0 Å². The highest BCUT2D eigenvalue weighted by molar-refractivity contribution is 14.1. The van der Waals surface area contributed by atoms with Crippen LogP contribution < -0.4 is 0 Å². The fourth-order valence-corrected chi connectivity index (χ4v) is 2.28. The summed E-state index contributed by atoms with van der Waals surface area (Å²) in [6.45, 7) is 0. The second kappa shape index (κ2) is 4.83. The van der Waals surface area contributed by atoms with Crippen LogP contribution in [0.4, 0.5) is 17.6 Å². The molecule has 0 radical (unpaired) electrons. The third-order valence-electron chi connectivity index (χ3n) is 2.36. The molecule has 0 saturated carbocycles. The van der Waals surface area contributed by atoms with Crippen molar-refractivity contribution in [3.63, 3.8) is 0 Å². The van der Waals surface area contributed by atoms with E-state index in [4.69, 9.17) is 0 Å². The largest absolute Gasteiger partial charge is 0.417 e. The van der Waals surface area contributed by atoms with Gasteiger partial charge >= 0.3 is 6.18 Å². The van der Waals surface area contributed by atoms with Crippen LogP contribution in [-0.4, -0.2) is 4.98 Å². The van der Waals surface area contributed by atoms with Crippen LogP contribution >= 0.6 is 22.6 Å². The first-order valence-electron chi connectivity index (χ1n) is 4.88. The standard InChI is InChI=1S/C12H6F4IN/c13-11-10(9(17)5-6-18-11)7-3-1-2-4-8(7)12(14,15)16/h1-6H. The van der Waals surface area contributed by atoms with Gasteiger partial charge in [-0.15, -0.1) is 0 Å². The Kier molecular flexibility index (Phi) is 3.56. The van der Waals surface area contributed by atoms with E-state index in [0.29, 0.717) is 3.57 Å². The molecule has 6 heteroatoms. The van der Waals surface area contributed by atoms with Gasteiger partial charge in [0, 0.05) is 9.77 Å². The van der Waals surface area contributed by atoms with Gasteiger partial charge in [0.2, 0.25) is 5.95 Å². The lowest BCUT2D eigenvalue weighted by Gasteiger charge is -2.13. The number of rotatable bonds is 1. The van der Waals surface area contributed by atoms with E-state index in [2.05, 4.69) is 4.98 Å². The lowest BCUT2D eigenvalue weighted by atomic mass is 10.0. The van der Waals surface area contributed by atoms with Gasteiger partial charge in [-0.1, -0.05) is 18.2 Å². The van der Waals surface area contributed by atoms with Crippen LogP contribution in [0.2, 0.25) is 0 Å². The van der Waals surface area contributed by atoms with Gasteiger partial charge in [-0.05, 0) is 40.3 Å². The molecule has 1 aromatic carbocycles. The monoisotopic (exact) mass is 367 g/mol. The fraction of sp³-hybridized carbons (Fsp3) is 0.0833. The Balaban J connectivity index is 2.73. The first-order chi connectivity index (χ1) is 8.41. The summed E-state index contributed by atoms with van der Waals surface area (Å²) in [4.78, 5) is 3.40. The number of hydrogen-bond donors (Lipinski definition) is 0. The maximum absolute atomic E-state index is 13.6. The number of aromatic nitrogens is 1. The molecule has 0 aliphatic heterocycles. The zero-order chi connectivity index (χ0) is 13.3. The van der Waals surface area contributed by atoms with Crippen LogP contribution in [0.1, 0.15) is 5.56 Å². The molecule has 94 valence electrons. The quantitative estimate of drug-likeness (QED) is 0.411. The minimum absolute atomic E-state index is 0.119. The van der Waals surface area contributed by atoms with Crippen molar-refractivity contribution in [1.29, 1.82) is 0 Å². The Bertz CT molecular complexity index is 560. The third kappa shape index (κ3) is 2.47. The lowest BCUT2D eigenvalue weighted by Crippen LogP contribution is -2.08. The SMILES string of the molecule is Fc1nccc(I)c1-c1ccccc1C(F)(F)F. The maximum Gasteiger partial charge on any atom is 0.417 e. The molecule has 2 rings (SSSR count). The van der Waals surface area contributed by atoms with Crippen molar-refractivity contribution in [2.75, 3.05) is 0 Å². The topological polar surface area (TPSA) is 12.9 Å². The Hall–Kier alpha value is -1.18. The molecular formula is C12H6F4IN. The molecule has 1 nitrogen and oxygen atoms in total. The normalized spacial score (nSPS) is 11.6. The summed E-state index contributed by atoms with van der Waals surface area (Å²) < 4.78 is 52.6. The van der Waals surface area contributed by atoms with Gasteiger partial charge in [-0.25, -0.2) is 4.98 Å². The zero-order valence-electron chi connectivity index (χ0n) is 8.80. The van der Waals surface area contributed by atoms with E-state index in [0.717, 1.165) is 6.07 Å². The predicted octanol–water partition coefficient (Wildman–Crippen LogP) is 4.51. The summed E-state index contributed by atoms with van der Waals surface area (Å²) in [5.74, 6) is -0.904. The van der Waals surface area contributed by atoms with E-state index in [-0.39, 0.29) is 11.1 Å². The molecule has 18 heavy (non-hydrogen) atoms. The summed E-state index contributed by atoms with van der Waals surface area (Å²) >= 11 is 1.79. The molecule has 0 unspecified atom stereocenters. The van der Waals surface area contributed by atoms with E-state index in [1.807, 2.05) is 0 Å². The molecule has 0 bridgehead atoms. The van der Waals surface area contributed by atoms with Gasteiger partial charge in [-0.3, -0.25) is 0 Å². The van der Waals surface area contributed by atoms with E-state index in [1.165, 1.54) is 30.5 Å².